The third-order valence-corrected chi connectivity index (χ3v) is 5.76. The molecule has 2 aromatic carbocycles. The van der Waals surface area contributed by atoms with Gasteiger partial charge in [-0.2, -0.15) is 0 Å². The molecule has 4 aromatic rings. The number of benzene rings is 2. The molecule has 0 saturated carbocycles. The first-order valence-electron chi connectivity index (χ1n) is 10.0. The molecule has 0 aliphatic rings. The number of nitrogens with one attached hydrogen (secondary N) is 1. The summed E-state index contributed by atoms with van der Waals surface area (Å²) in [6, 6.07) is 18.7. The standard InChI is InChI=1S/C24H22N4O3S/c1-16-9-11-17(12-10-16)25-21(29)14-28(2)22(30)15-32-24-18-6-3-4-7-19(18)26-23(27-24)20-8-5-13-31-20/h3-13H,14-15H2,1-2H3,(H,25,29). The Morgan fingerprint density at radius 2 is 1.81 bits per heavy atom. The van der Waals surface area contributed by atoms with Crippen LogP contribution in [0.15, 0.2) is 76.4 Å². The number of anilines is 1. The summed E-state index contributed by atoms with van der Waals surface area (Å²) in [5, 5.41) is 4.35. The van der Waals surface area contributed by atoms with Crippen LogP contribution in [0.25, 0.3) is 22.5 Å². The van der Waals surface area contributed by atoms with E-state index in [1.807, 2.05) is 55.5 Å². The highest BCUT2D eigenvalue weighted by Gasteiger charge is 2.16. The van der Waals surface area contributed by atoms with Crippen LogP contribution >= 0.6 is 11.8 Å². The maximum atomic E-state index is 12.7. The van der Waals surface area contributed by atoms with E-state index in [-0.39, 0.29) is 24.1 Å². The Morgan fingerprint density at radius 3 is 2.56 bits per heavy atom. The Kier molecular flexibility index (Phi) is 6.51. The van der Waals surface area contributed by atoms with Crippen molar-refractivity contribution in [3.63, 3.8) is 0 Å². The maximum absolute atomic E-state index is 12.7. The van der Waals surface area contributed by atoms with Crippen LogP contribution in [0.5, 0.6) is 0 Å². The van der Waals surface area contributed by atoms with E-state index >= 15 is 0 Å². The van der Waals surface area contributed by atoms with E-state index in [1.165, 1.54) is 16.7 Å². The van der Waals surface area contributed by atoms with Gasteiger partial charge in [-0.3, -0.25) is 9.59 Å². The number of nitrogens with zero attached hydrogens (tertiary/aromatic N) is 3. The second-order valence-electron chi connectivity index (χ2n) is 7.30. The van der Waals surface area contributed by atoms with Crippen LogP contribution in [0, 0.1) is 6.92 Å². The van der Waals surface area contributed by atoms with E-state index in [4.69, 9.17) is 4.42 Å². The number of rotatable bonds is 7. The lowest BCUT2D eigenvalue weighted by Crippen LogP contribution is -2.35. The van der Waals surface area contributed by atoms with Gasteiger partial charge in [0.15, 0.2) is 11.6 Å². The molecule has 4 rings (SSSR count). The number of hydrogen-bond acceptors (Lipinski definition) is 6. The SMILES string of the molecule is Cc1ccc(NC(=O)CN(C)C(=O)CSc2nc(-c3ccco3)nc3ccccc23)cc1. The molecular weight excluding hydrogens is 424 g/mol. The van der Waals surface area contributed by atoms with Crippen molar-refractivity contribution in [3.05, 3.63) is 72.5 Å². The second-order valence-corrected chi connectivity index (χ2v) is 8.26. The van der Waals surface area contributed by atoms with Gasteiger partial charge in [0.05, 0.1) is 24.1 Å². The number of likely N-dealkylation sites (N-methyl/N-ethyl adjacent to an activating group) is 1. The van der Waals surface area contributed by atoms with E-state index < -0.39 is 0 Å². The van der Waals surface area contributed by atoms with Crippen molar-refractivity contribution in [2.24, 2.45) is 0 Å². The minimum absolute atomic E-state index is 0.0323. The highest BCUT2D eigenvalue weighted by Crippen LogP contribution is 2.28. The van der Waals surface area contributed by atoms with Crippen LogP contribution in [0.2, 0.25) is 0 Å². The molecule has 0 aliphatic carbocycles. The number of carbonyl (C=O) groups excluding carboxylic acids is 2. The van der Waals surface area contributed by atoms with E-state index in [0.717, 1.165) is 16.5 Å². The molecule has 2 aromatic heterocycles. The predicted octanol–water partition coefficient (Wildman–Crippen LogP) is 4.39. The van der Waals surface area contributed by atoms with Gasteiger partial charge < -0.3 is 14.6 Å². The summed E-state index contributed by atoms with van der Waals surface area (Å²) < 4.78 is 5.43. The van der Waals surface area contributed by atoms with Crippen LogP contribution in [0.4, 0.5) is 5.69 Å². The first-order valence-corrected chi connectivity index (χ1v) is 11.0. The van der Waals surface area contributed by atoms with Gasteiger partial charge in [-0.15, -0.1) is 0 Å². The lowest BCUT2D eigenvalue weighted by Gasteiger charge is -2.17. The Hall–Kier alpha value is -3.65. The van der Waals surface area contributed by atoms with Crippen molar-refractivity contribution in [2.75, 3.05) is 24.7 Å². The molecule has 0 fully saturated rings. The fourth-order valence-electron chi connectivity index (χ4n) is 3.05. The van der Waals surface area contributed by atoms with Crippen molar-refractivity contribution in [3.8, 4) is 11.6 Å². The topological polar surface area (TPSA) is 88.3 Å². The quantitative estimate of drug-likeness (QED) is 0.335. The number of furan rings is 1. The van der Waals surface area contributed by atoms with Crippen LogP contribution in [-0.4, -0.2) is 46.0 Å². The highest BCUT2D eigenvalue weighted by atomic mass is 32.2. The molecule has 8 heteroatoms. The summed E-state index contributed by atoms with van der Waals surface area (Å²) >= 11 is 1.31. The molecule has 0 bridgehead atoms. The number of aromatic nitrogens is 2. The monoisotopic (exact) mass is 446 g/mol. The van der Waals surface area contributed by atoms with Crippen LogP contribution in [-0.2, 0) is 9.59 Å². The van der Waals surface area contributed by atoms with Crippen molar-refractivity contribution in [1.29, 1.82) is 0 Å². The first-order chi connectivity index (χ1) is 15.5. The summed E-state index contributed by atoms with van der Waals surface area (Å²) in [5.41, 5.74) is 2.59. The van der Waals surface area contributed by atoms with Gasteiger partial charge in [-0.25, -0.2) is 9.97 Å². The van der Waals surface area contributed by atoms with E-state index in [1.54, 1.807) is 25.4 Å². The molecule has 0 radical (unpaired) electrons. The van der Waals surface area contributed by atoms with Gasteiger partial charge in [0.2, 0.25) is 11.8 Å². The number of fused-ring (bicyclic) bond motifs is 1. The summed E-state index contributed by atoms with van der Waals surface area (Å²) in [7, 11) is 1.62. The fraction of sp³-hybridized carbons (Fsp3) is 0.167. The van der Waals surface area contributed by atoms with Crippen molar-refractivity contribution < 1.29 is 14.0 Å². The molecule has 2 heterocycles. The largest absolute Gasteiger partial charge is 0.461 e. The summed E-state index contributed by atoms with van der Waals surface area (Å²) in [6.45, 7) is 1.95. The van der Waals surface area contributed by atoms with Gasteiger partial charge in [-0.05, 0) is 37.3 Å². The minimum atomic E-state index is -0.248. The molecule has 0 unspecified atom stereocenters. The van der Waals surface area contributed by atoms with Crippen LogP contribution < -0.4 is 5.32 Å². The number of para-hydroxylation sites is 1. The molecule has 2 amide bonds. The van der Waals surface area contributed by atoms with Gasteiger partial charge in [0.25, 0.3) is 0 Å². The summed E-state index contributed by atoms with van der Waals surface area (Å²) in [4.78, 5) is 35.5. The summed E-state index contributed by atoms with van der Waals surface area (Å²) in [6.07, 6.45) is 1.57. The Balaban J connectivity index is 1.41. The molecule has 0 saturated heterocycles. The zero-order chi connectivity index (χ0) is 22.5. The number of amides is 2. The third-order valence-electron chi connectivity index (χ3n) is 4.78. The molecule has 32 heavy (non-hydrogen) atoms. The van der Waals surface area contributed by atoms with E-state index in [0.29, 0.717) is 22.3 Å². The highest BCUT2D eigenvalue weighted by molar-refractivity contribution is 8.00. The zero-order valence-electron chi connectivity index (χ0n) is 17.7. The summed E-state index contributed by atoms with van der Waals surface area (Å²) in [5.74, 6) is 0.759. The Bertz CT molecular complexity index is 1240. The van der Waals surface area contributed by atoms with Crippen LogP contribution in [0.1, 0.15) is 5.56 Å². The molecule has 1 N–H and O–H groups in total. The van der Waals surface area contributed by atoms with E-state index in [9.17, 15) is 9.59 Å². The van der Waals surface area contributed by atoms with Crippen molar-refractivity contribution >= 4 is 40.2 Å². The second kappa shape index (κ2) is 9.65. The van der Waals surface area contributed by atoms with Crippen molar-refractivity contribution in [1.82, 2.24) is 14.9 Å². The normalized spacial score (nSPS) is 10.8. The number of aryl methyl sites for hydroxylation is 1. The van der Waals surface area contributed by atoms with Crippen LogP contribution in [0.3, 0.4) is 0 Å². The van der Waals surface area contributed by atoms with E-state index in [2.05, 4.69) is 15.3 Å². The van der Waals surface area contributed by atoms with Gasteiger partial charge in [0.1, 0.15) is 5.03 Å². The molecule has 0 aliphatic heterocycles. The number of carbonyl (C=O) groups is 2. The fourth-order valence-corrected chi connectivity index (χ4v) is 4.01. The maximum Gasteiger partial charge on any atom is 0.243 e. The van der Waals surface area contributed by atoms with Crippen molar-refractivity contribution in [2.45, 2.75) is 11.9 Å². The molecule has 7 nitrogen and oxygen atoms in total. The van der Waals surface area contributed by atoms with Gasteiger partial charge in [-0.1, -0.05) is 47.7 Å². The third kappa shape index (κ3) is 5.15. The number of thioether (sulfide) groups is 1. The average molecular weight is 447 g/mol. The Labute approximate surface area is 189 Å². The minimum Gasteiger partial charge on any atom is -0.461 e. The molecular formula is C24H22N4O3S. The predicted molar refractivity (Wildman–Crippen MR) is 125 cm³/mol. The van der Waals surface area contributed by atoms with Gasteiger partial charge in [0, 0.05) is 18.1 Å². The average Bonchev–Trinajstić information content (AvgIpc) is 3.33. The first kappa shape index (κ1) is 21.6. The smallest absolute Gasteiger partial charge is 0.243 e. The lowest BCUT2D eigenvalue weighted by atomic mass is 10.2. The lowest BCUT2D eigenvalue weighted by molar-refractivity contribution is -0.131. The zero-order valence-corrected chi connectivity index (χ0v) is 18.6. The van der Waals surface area contributed by atoms with Gasteiger partial charge >= 0.3 is 0 Å². The Morgan fingerprint density at radius 1 is 1.03 bits per heavy atom. The molecule has 0 atom stereocenters. The molecule has 0 spiro atoms. The molecule has 162 valence electrons. The number of hydrogen-bond donors (Lipinski definition) is 1.